The summed E-state index contributed by atoms with van der Waals surface area (Å²) in [4.78, 5) is 11.6. The summed E-state index contributed by atoms with van der Waals surface area (Å²) in [5, 5.41) is 2.03. The number of ketones is 1. The molecule has 0 saturated carbocycles. The SMILES string of the molecule is [B]CC(=O)c1ccc2c(c1)oc1cc(C=C)ccc12. The van der Waals surface area contributed by atoms with Gasteiger partial charge in [-0.2, -0.15) is 0 Å². The summed E-state index contributed by atoms with van der Waals surface area (Å²) in [7, 11) is 5.37. The van der Waals surface area contributed by atoms with Crippen LogP contribution in [0.5, 0.6) is 0 Å². The molecule has 0 fully saturated rings. The zero-order valence-electron chi connectivity index (χ0n) is 10.3. The minimum absolute atomic E-state index is 0.00630. The van der Waals surface area contributed by atoms with Crippen LogP contribution < -0.4 is 0 Å². The summed E-state index contributed by atoms with van der Waals surface area (Å²) >= 11 is 0. The normalized spacial score (nSPS) is 10.9. The molecule has 3 heteroatoms. The lowest BCUT2D eigenvalue weighted by molar-refractivity contribution is 0.101. The standard InChI is InChI=1S/C16H11BO2/c1-2-10-3-5-12-13-6-4-11(14(18)9-17)8-16(13)19-15(12)7-10/h2-8H,1,9H2. The predicted molar refractivity (Wildman–Crippen MR) is 78.7 cm³/mol. The molecule has 0 spiro atoms. The van der Waals surface area contributed by atoms with Gasteiger partial charge in [0.15, 0.2) is 5.78 Å². The molecule has 2 aromatic carbocycles. The summed E-state index contributed by atoms with van der Waals surface area (Å²) in [6.07, 6.45) is 1.78. The molecule has 3 aromatic rings. The second kappa shape index (κ2) is 4.43. The minimum atomic E-state index is -0.0888. The molecule has 19 heavy (non-hydrogen) atoms. The molecule has 2 radical (unpaired) electrons. The largest absolute Gasteiger partial charge is 0.456 e. The van der Waals surface area contributed by atoms with Gasteiger partial charge in [-0.3, -0.25) is 4.79 Å². The second-order valence-electron chi connectivity index (χ2n) is 4.40. The van der Waals surface area contributed by atoms with E-state index in [2.05, 4.69) is 6.58 Å². The number of carbonyl (C=O) groups excluding carboxylic acids is 1. The van der Waals surface area contributed by atoms with Crippen molar-refractivity contribution in [2.45, 2.75) is 6.32 Å². The number of hydrogen-bond acceptors (Lipinski definition) is 2. The lowest BCUT2D eigenvalue weighted by Crippen LogP contribution is -1.96. The molecule has 0 bridgehead atoms. The van der Waals surface area contributed by atoms with E-state index in [1.165, 1.54) is 0 Å². The van der Waals surface area contributed by atoms with Crippen molar-refractivity contribution < 1.29 is 9.21 Å². The molecule has 90 valence electrons. The maximum atomic E-state index is 11.6. The molecule has 1 heterocycles. The van der Waals surface area contributed by atoms with Crippen molar-refractivity contribution >= 4 is 41.6 Å². The number of Topliss-reactive ketones (excluding diaryl/α,β-unsaturated/α-hetero) is 1. The lowest BCUT2D eigenvalue weighted by Gasteiger charge is -1.96. The van der Waals surface area contributed by atoms with E-state index in [4.69, 9.17) is 12.3 Å². The van der Waals surface area contributed by atoms with Crippen molar-refractivity contribution in [2.24, 2.45) is 0 Å². The van der Waals surface area contributed by atoms with Crippen LogP contribution in [-0.2, 0) is 0 Å². The Hall–Kier alpha value is -2.29. The Balaban J connectivity index is 2.27. The van der Waals surface area contributed by atoms with Crippen molar-refractivity contribution in [3.05, 3.63) is 54.1 Å². The van der Waals surface area contributed by atoms with E-state index in [1.54, 1.807) is 18.2 Å². The summed E-state index contributed by atoms with van der Waals surface area (Å²) in [6.45, 7) is 3.74. The van der Waals surface area contributed by atoms with Gasteiger partial charge in [-0.15, -0.1) is 0 Å². The van der Waals surface area contributed by atoms with Gasteiger partial charge in [-0.1, -0.05) is 24.8 Å². The smallest absolute Gasteiger partial charge is 0.154 e. The van der Waals surface area contributed by atoms with Crippen LogP contribution in [0.3, 0.4) is 0 Å². The van der Waals surface area contributed by atoms with E-state index < -0.39 is 0 Å². The summed E-state index contributed by atoms with van der Waals surface area (Å²) in [5.41, 5.74) is 3.09. The van der Waals surface area contributed by atoms with Crippen molar-refractivity contribution in [1.82, 2.24) is 0 Å². The minimum Gasteiger partial charge on any atom is -0.456 e. The molecule has 0 amide bonds. The first-order valence-electron chi connectivity index (χ1n) is 6.05. The average Bonchev–Trinajstić information content (AvgIpc) is 2.82. The Labute approximate surface area is 112 Å². The quantitative estimate of drug-likeness (QED) is 0.516. The molecule has 3 rings (SSSR count). The molecular weight excluding hydrogens is 235 g/mol. The maximum absolute atomic E-state index is 11.6. The highest BCUT2D eigenvalue weighted by Gasteiger charge is 2.10. The van der Waals surface area contributed by atoms with Gasteiger partial charge < -0.3 is 4.42 Å². The Morgan fingerprint density at radius 1 is 1.16 bits per heavy atom. The molecule has 0 aliphatic heterocycles. The number of benzene rings is 2. The number of rotatable bonds is 3. The molecule has 0 N–H and O–H groups in total. The number of fused-ring (bicyclic) bond motifs is 3. The highest BCUT2D eigenvalue weighted by atomic mass is 16.3. The van der Waals surface area contributed by atoms with E-state index in [9.17, 15) is 4.79 Å². The van der Waals surface area contributed by atoms with E-state index in [0.29, 0.717) is 11.1 Å². The molecule has 1 aromatic heterocycles. The van der Waals surface area contributed by atoms with E-state index >= 15 is 0 Å². The third-order valence-corrected chi connectivity index (χ3v) is 3.24. The van der Waals surface area contributed by atoms with Crippen molar-refractivity contribution in [1.29, 1.82) is 0 Å². The lowest BCUT2D eigenvalue weighted by atomic mass is 9.95. The second-order valence-corrected chi connectivity index (χ2v) is 4.40. The van der Waals surface area contributed by atoms with Gasteiger partial charge in [-0.25, -0.2) is 0 Å². The van der Waals surface area contributed by atoms with Crippen LogP contribution in [0.25, 0.3) is 28.0 Å². The highest BCUT2D eigenvalue weighted by molar-refractivity contribution is 6.24. The molecule has 0 aliphatic rings. The monoisotopic (exact) mass is 246 g/mol. The fourth-order valence-electron chi connectivity index (χ4n) is 2.21. The van der Waals surface area contributed by atoms with E-state index in [-0.39, 0.29) is 12.1 Å². The van der Waals surface area contributed by atoms with Crippen LogP contribution in [-0.4, -0.2) is 13.6 Å². The summed E-state index contributed by atoms with van der Waals surface area (Å²) < 4.78 is 5.79. The van der Waals surface area contributed by atoms with Crippen LogP contribution in [0.15, 0.2) is 47.4 Å². The average molecular weight is 246 g/mol. The van der Waals surface area contributed by atoms with Gasteiger partial charge in [0.2, 0.25) is 0 Å². The summed E-state index contributed by atoms with van der Waals surface area (Å²) in [6, 6.07) is 11.4. The predicted octanol–water partition coefficient (Wildman–Crippen LogP) is 4.00. The van der Waals surface area contributed by atoms with Crippen LogP contribution in [0, 0.1) is 0 Å². The molecule has 2 nitrogen and oxygen atoms in total. The van der Waals surface area contributed by atoms with Gasteiger partial charge in [0.1, 0.15) is 11.2 Å². The third kappa shape index (κ3) is 1.87. The molecule has 0 aliphatic carbocycles. The molecule has 0 unspecified atom stereocenters. The number of hydrogen-bond donors (Lipinski definition) is 0. The first-order valence-corrected chi connectivity index (χ1v) is 6.05. The fraction of sp³-hybridized carbons (Fsp3) is 0.0625. The zero-order valence-corrected chi connectivity index (χ0v) is 10.3. The van der Waals surface area contributed by atoms with E-state index in [1.807, 2.05) is 24.3 Å². The van der Waals surface area contributed by atoms with Gasteiger partial charge in [0.05, 0.1) is 7.85 Å². The highest BCUT2D eigenvalue weighted by Crippen LogP contribution is 2.30. The van der Waals surface area contributed by atoms with Crippen molar-refractivity contribution in [3.63, 3.8) is 0 Å². The Kier molecular flexibility index (Phi) is 2.75. The van der Waals surface area contributed by atoms with Crippen LogP contribution >= 0.6 is 0 Å². The molecular formula is C16H11BO2. The Morgan fingerprint density at radius 2 is 1.84 bits per heavy atom. The summed E-state index contributed by atoms with van der Waals surface area (Å²) in [5.74, 6) is -0.0888. The van der Waals surface area contributed by atoms with Gasteiger partial charge in [-0.05, 0) is 36.1 Å². The number of carbonyl (C=O) groups is 1. The zero-order chi connectivity index (χ0) is 13.4. The third-order valence-electron chi connectivity index (χ3n) is 3.24. The fourth-order valence-corrected chi connectivity index (χ4v) is 2.21. The van der Waals surface area contributed by atoms with Crippen molar-refractivity contribution in [3.8, 4) is 0 Å². The maximum Gasteiger partial charge on any atom is 0.154 e. The topological polar surface area (TPSA) is 30.2 Å². The van der Waals surface area contributed by atoms with Gasteiger partial charge in [0, 0.05) is 16.3 Å². The van der Waals surface area contributed by atoms with Crippen LogP contribution in [0.2, 0.25) is 6.32 Å². The van der Waals surface area contributed by atoms with Gasteiger partial charge in [0.25, 0.3) is 0 Å². The Bertz CT molecular complexity index is 799. The number of furan rings is 1. The van der Waals surface area contributed by atoms with Crippen LogP contribution in [0.1, 0.15) is 15.9 Å². The Morgan fingerprint density at radius 3 is 2.53 bits per heavy atom. The van der Waals surface area contributed by atoms with E-state index in [0.717, 1.165) is 21.9 Å². The van der Waals surface area contributed by atoms with Crippen LogP contribution in [0.4, 0.5) is 0 Å². The molecule has 0 atom stereocenters. The first-order chi connectivity index (χ1) is 9.22. The first kappa shape index (κ1) is 11.8. The van der Waals surface area contributed by atoms with Gasteiger partial charge >= 0.3 is 0 Å². The molecule has 0 saturated heterocycles. The van der Waals surface area contributed by atoms with Crippen molar-refractivity contribution in [2.75, 3.05) is 0 Å².